The standard InChI is InChI=1S/C11H14N2O.2ClH/c1-7-2-3-9-10(13-7)8(6-12)11(14-9)4-5-11;;/h2-3,8H,4-6,12H2,1H3;2*1H/t8-;;/m1../s1. The summed E-state index contributed by atoms with van der Waals surface area (Å²) in [5, 5.41) is 0. The van der Waals surface area contributed by atoms with Gasteiger partial charge in [-0.3, -0.25) is 4.98 Å². The Labute approximate surface area is 108 Å². The average Bonchev–Trinajstić information content (AvgIpc) is 2.83. The van der Waals surface area contributed by atoms with Crippen LogP contribution in [0, 0.1) is 6.92 Å². The average molecular weight is 263 g/mol. The monoisotopic (exact) mass is 262 g/mol. The summed E-state index contributed by atoms with van der Waals surface area (Å²) in [7, 11) is 0. The summed E-state index contributed by atoms with van der Waals surface area (Å²) >= 11 is 0. The maximum atomic E-state index is 5.92. The maximum absolute atomic E-state index is 5.92. The van der Waals surface area contributed by atoms with Crippen LogP contribution in [0.4, 0.5) is 0 Å². The molecule has 0 unspecified atom stereocenters. The predicted molar refractivity (Wildman–Crippen MR) is 67.9 cm³/mol. The van der Waals surface area contributed by atoms with Crippen molar-refractivity contribution in [1.82, 2.24) is 4.98 Å². The normalized spacial score (nSPS) is 22.8. The molecule has 2 N–H and O–H groups in total. The fraction of sp³-hybridized carbons (Fsp3) is 0.545. The molecule has 0 aromatic carbocycles. The van der Waals surface area contributed by atoms with Crippen LogP contribution in [0.15, 0.2) is 12.1 Å². The highest BCUT2D eigenvalue weighted by molar-refractivity contribution is 5.85. The number of nitrogens with two attached hydrogens (primary N) is 1. The van der Waals surface area contributed by atoms with E-state index in [1.54, 1.807) is 0 Å². The second-order valence-corrected chi connectivity index (χ2v) is 4.29. The van der Waals surface area contributed by atoms with E-state index in [1.807, 2.05) is 19.1 Å². The number of fused-ring (bicyclic) bond motifs is 1. The zero-order chi connectivity index (χ0) is 9.76. The van der Waals surface area contributed by atoms with Crippen molar-refractivity contribution in [2.24, 2.45) is 5.73 Å². The summed E-state index contributed by atoms with van der Waals surface area (Å²) < 4.78 is 5.92. The van der Waals surface area contributed by atoms with Gasteiger partial charge in [0.25, 0.3) is 0 Å². The number of nitrogens with zero attached hydrogens (tertiary/aromatic N) is 1. The smallest absolute Gasteiger partial charge is 0.142 e. The van der Waals surface area contributed by atoms with Gasteiger partial charge in [-0.05, 0) is 31.9 Å². The van der Waals surface area contributed by atoms with Crippen LogP contribution in [0.1, 0.15) is 30.1 Å². The second-order valence-electron chi connectivity index (χ2n) is 4.29. The molecule has 1 fully saturated rings. The van der Waals surface area contributed by atoms with Crippen molar-refractivity contribution >= 4 is 24.8 Å². The first-order chi connectivity index (χ1) is 6.75. The van der Waals surface area contributed by atoms with E-state index in [0.29, 0.717) is 12.5 Å². The van der Waals surface area contributed by atoms with Gasteiger partial charge in [0.15, 0.2) is 0 Å². The minimum absolute atomic E-state index is 0. The van der Waals surface area contributed by atoms with Crippen molar-refractivity contribution in [3.63, 3.8) is 0 Å². The van der Waals surface area contributed by atoms with Crippen molar-refractivity contribution in [3.05, 3.63) is 23.5 Å². The number of aromatic nitrogens is 1. The molecule has 1 saturated carbocycles. The van der Waals surface area contributed by atoms with Gasteiger partial charge in [-0.1, -0.05) is 0 Å². The number of ether oxygens (including phenoxy) is 1. The summed E-state index contributed by atoms with van der Waals surface area (Å²) in [5.41, 5.74) is 7.94. The lowest BCUT2D eigenvalue weighted by Crippen LogP contribution is -2.27. The van der Waals surface area contributed by atoms with Crippen LogP contribution in [-0.4, -0.2) is 17.1 Å². The number of hydrogen-bond acceptors (Lipinski definition) is 3. The van der Waals surface area contributed by atoms with Crippen LogP contribution in [-0.2, 0) is 0 Å². The molecule has 16 heavy (non-hydrogen) atoms. The fourth-order valence-electron chi connectivity index (χ4n) is 2.34. The van der Waals surface area contributed by atoms with Gasteiger partial charge < -0.3 is 10.5 Å². The maximum Gasteiger partial charge on any atom is 0.142 e. The van der Waals surface area contributed by atoms with Crippen LogP contribution in [0.25, 0.3) is 0 Å². The first kappa shape index (κ1) is 13.6. The van der Waals surface area contributed by atoms with Crippen molar-refractivity contribution in [2.45, 2.75) is 31.3 Å². The molecule has 0 amide bonds. The van der Waals surface area contributed by atoms with E-state index >= 15 is 0 Å². The van der Waals surface area contributed by atoms with E-state index in [9.17, 15) is 0 Å². The van der Waals surface area contributed by atoms with Crippen molar-refractivity contribution in [3.8, 4) is 5.75 Å². The van der Waals surface area contributed by atoms with E-state index in [4.69, 9.17) is 10.5 Å². The Kier molecular flexibility index (Phi) is 3.72. The number of pyridine rings is 1. The highest BCUT2D eigenvalue weighted by Gasteiger charge is 2.57. The van der Waals surface area contributed by atoms with Gasteiger partial charge >= 0.3 is 0 Å². The van der Waals surface area contributed by atoms with Crippen molar-refractivity contribution < 1.29 is 4.74 Å². The number of rotatable bonds is 1. The summed E-state index contributed by atoms with van der Waals surface area (Å²) in [6, 6.07) is 4.02. The Hall–Kier alpha value is -0.510. The van der Waals surface area contributed by atoms with Crippen molar-refractivity contribution in [1.29, 1.82) is 0 Å². The van der Waals surface area contributed by atoms with Gasteiger partial charge in [0.2, 0.25) is 0 Å². The summed E-state index contributed by atoms with van der Waals surface area (Å²) in [6.45, 7) is 2.65. The Morgan fingerprint density at radius 1 is 1.44 bits per heavy atom. The highest BCUT2D eigenvalue weighted by Crippen LogP contribution is 2.56. The molecule has 3 nitrogen and oxygen atoms in total. The molecule has 0 radical (unpaired) electrons. The van der Waals surface area contributed by atoms with Crippen LogP contribution in [0.3, 0.4) is 0 Å². The van der Waals surface area contributed by atoms with E-state index in [0.717, 1.165) is 30.0 Å². The van der Waals surface area contributed by atoms with Crippen LogP contribution in [0.5, 0.6) is 5.75 Å². The molecule has 1 aliphatic heterocycles. The van der Waals surface area contributed by atoms with Gasteiger partial charge in [-0.15, -0.1) is 24.8 Å². The molecular formula is C11H16Cl2N2O. The molecule has 1 atom stereocenters. The molecule has 1 spiro atoms. The molecule has 3 rings (SSSR count). The molecule has 1 aromatic rings. The van der Waals surface area contributed by atoms with E-state index < -0.39 is 0 Å². The van der Waals surface area contributed by atoms with E-state index in [1.165, 1.54) is 0 Å². The number of hydrogen-bond donors (Lipinski definition) is 1. The Bertz CT molecular complexity index is 394. The highest BCUT2D eigenvalue weighted by atomic mass is 35.5. The molecule has 2 aliphatic rings. The Morgan fingerprint density at radius 2 is 2.12 bits per heavy atom. The molecule has 1 aromatic heterocycles. The lowest BCUT2D eigenvalue weighted by molar-refractivity contribution is 0.184. The second kappa shape index (κ2) is 4.40. The van der Waals surface area contributed by atoms with Crippen molar-refractivity contribution in [2.75, 3.05) is 6.54 Å². The van der Waals surface area contributed by atoms with Gasteiger partial charge in [0.05, 0.1) is 11.6 Å². The number of aryl methyl sites for hydroxylation is 1. The topological polar surface area (TPSA) is 48.1 Å². The zero-order valence-electron chi connectivity index (χ0n) is 9.10. The van der Waals surface area contributed by atoms with Gasteiger partial charge in [0.1, 0.15) is 11.4 Å². The van der Waals surface area contributed by atoms with Crippen LogP contribution < -0.4 is 10.5 Å². The van der Waals surface area contributed by atoms with Crippen LogP contribution in [0.2, 0.25) is 0 Å². The fourth-order valence-corrected chi connectivity index (χ4v) is 2.34. The van der Waals surface area contributed by atoms with Crippen LogP contribution >= 0.6 is 24.8 Å². The molecule has 1 aliphatic carbocycles. The molecule has 2 heterocycles. The largest absolute Gasteiger partial charge is 0.485 e. The number of halogens is 2. The third-order valence-electron chi connectivity index (χ3n) is 3.28. The van der Waals surface area contributed by atoms with E-state index in [-0.39, 0.29) is 30.4 Å². The molecule has 90 valence electrons. The first-order valence-electron chi connectivity index (χ1n) is 5.12. The lowest BCUT2D eigenvalue weighted by Gasteiger charge is -2.14. The summed E-state index contributed by atoms with van der Waals surface area (Å²) in [6.07, 6.45) is 2.26. The molecule has 5 heteroatoms. The Balaban J connectivity index is 0.000000640. The predicted octanol–water partition coefficient (Wildman–Crippen LogP) is 2.20. The van der Waals surface area contributed by atoms with Gasteiger partial charge in [0, 0.05) is 12.2 Å². The quantitative estimate of drug-likeness (QED) is 0.845. The van der Waals surface area contributed by atoms with E-state index in [2.05, 4.69) is 4.98 Å². The molecular weight excluding hydrogens is 247 g/mol. The third kappa shape index (κ3) is 1.77. The zero-order valence-corrected chi connectivity index (χ0v) is 10.7. The lowest BCUT2D eigenvalue weighted by atomic mass is 9.98. The first-order valence-corrected chi connectivity index (χ1v) is 5.12. The third-order valence-corrected chi connectivity index (χ3v) is 3.28. The summed E-state index contributed by atoms with van der Waals surface area (Å²) in [5.74, 6) is 1.26. The Morgan fingerprint density at radius 3 is 2.69 bits per heavy atom. The molecule has 0 bridgehead atoms. The van der Waals surface area contributed by atoms with Gasteiger partial charge in [-0.2, -0.15) is 0 Å². The minimum Gasteiger partial charge on any atom is -0.485 e. The SMILES string of the molecule is Cc1ccc2c(n1)[C@@H](CN)C1(CC1)O2.Cl.Cl. The van der Waals surface area contributed by atoms with Gasteiger partial charge in [-0.25, -0.2) is 0 Å². The minimum atomic E-state index is 0. The summed E-state index contributed by atoms with van der Waals surface area (Å²) in [4.78, 5) is 4.54. The molecule has 0 saturated heterocycles.